The molecule has 0 aliphatic carbocycles. The molecule has 1 aromatic heterocycles. The van der Waals surface area contributed by atoms with Crippen molar-refractivity contribution < 1.29 is 9.59 Å². The van der Waals surface area contributed by atoms with Crippen LogP contribution in [-0.2, 0) is 11.3 Å². The lowest BCUT2D eigenvalue weighted by Gasteiger charge is -2.21. The van der Waals surface area contributed by atoms with E-state index in [0.29, 0.717) is 11.4 Å². The molecule has 1 heterocycles. The van der Waals surface area contributed by atoms with Crippen molar-refractivity contribution in [3.8, 4) is 0 Å². The quantitative estimate of drug-likeness (QED) is 0.809. The van der Waals surface area contributed by atoms with Crippen molar-refractivity contribution in [3.63, 3.8) is 0 Å². The number of benzene rings is 1. The zero-order valence-electron chi connectivity index (χ0n) is 11.6. The molecule has 2 aromatic rings. The fourth-order valence-corrected chi connectivity index (χ4v) is 2.48. The number of rotatable bonds is 5. The van der Waals surface area contributed by atoms with E-state index < -0.39 is 5.91 Å². The molecule has 7 heteroatoms. The van der Waals surface area contributed by atoms with Crippen LogP contribution in [0.25, 0.3) is 0 Å². The maximum absolute atomic E-state index is 12.4. The number of primary amides is 1. The zero-order chi connectivity index (χ0) is 15.4. The topological polar surface area (TPSA) is 102 Å². The second-order valence-corrected chi connectivity index (χ2v) is 5.64. The maximum atomic E-state index is 12.4. The van der Waals surface area contributed by atoms with E-state index in [9.17, 15) is 9.59 Å². The molecule has 0 radical (unpaired) electrons. The summed E-state index contributed by atoms with van der Waals surface area (Å²) < 4.78 is 0. The first kappa shape index (κ1) is 15.0. The van der Waals surface area contributed by atoms with Crippen LogP contribution in [0.5, 0.6) is 0 Å². The molecule has 0 bridgehead atoms. The van der Waals surface area contributed by atoms with E-state index in [0.717, 1.165) is 10.6 Å². The van der Waals surface area contributed by atoms with Crippen LogP contribution in [0.2, 0.25) is 0 Å². The fourth-order valence-electron chi connectivity index (χ4n) is 1.90. The van der Waals surface area contributed by atoms with Gasteiger partial charge in [0.2, 0.25) is 5.91 Å². The maximum Gasteiger partial charge on any atom is 0.274 e. The van der Waals surface area contributed by atoms with Gasteiger partial charge in [-0.2, -0.15) is 0 Å². The largest absolute Gasteiger partial charge is 0.398 e. The smallest absolute Gasteiger partial charge is 0.274 e. The van der Waals surface area contributed by atoms with Crippen molar-refractivity contribution in [3.05, 3.63) is 45.9 Å². The van der Waals surface area contributed by atoms with E-state index in [-0.39, 0.29) is 19.0 Å². The minimum Gasteiger partial charge on any atom is -0.398 e. The molecular formula is C14H16N4O2S. The van der Waals surface area contributed by atoms with E-state index in [1.807, 2.05) is 25.1 Å². The Hall–Kier alpha value is -2.41. The number of anilines is 1. The van der Waals surface area contributed by atoms with Gasteiger partial charge in [-0.05, 0) is 18.6 Å². The van der Waals surface area contributed by atoms with E-state index in [4.69, 9.17) is 11.5 Å². The molecule has 2 rings (SSSR count). The Balaban J connectivity index is 2.24. The Morgan fingerprint density at radius 3 is 2.62 bits per heavy atom. The fraction of sp³-hybridized carbons (Fsp3) is 0.214. The average Bonchev–Trinajstić information content (AvgIpc) is 2.86. The molecule has 4 N–H and O–H groups in total. The highest BCUT2D eigenvalue weighted by Crippen LogP contribution is 2.16. The van der Waals surface area contributed by atoms with Gasteiger partial charge in [-0.3, -0.25) is 9.59 Å². The lowest BCUT2D eigenvalue weighted by atomic mass is 10.1. The average molecular weight is 304 g/mol. The SMILES string of the molecule is Cc1nc(C(=O)N(CC(N)=O)Cc2ccccc2N)cs1. The van der Waals surface area contributed by atoms with Crippen LogP contribution in [0.1, 0.15) is 21.1 Å². The lowest BCUT2D eigenvalue weighted by molar-refractivity contribution is -0.118. The zero-order valence-corrected chi connectivity index (χ0v) is 12.4. The summed E-state index contributed by atoms with van der Waals surface area (Å²) in [7, 11) is 0. The lowest BCUT2D eigenvalue weighted by Crippen LogP contribution is -2.38. The number of nitrogens with two attached hydrogens (primary N) is 2. The summed E-state index contributed by atoms with van der Waals surface area (Å²) >= 11 is 1.38. The Morgan fingerprint density at radius 2 is 2.05 bits per heavy atom. The molecule has 110 valence electrons. The van der Waals surface area contributed by atoms with Crippen LogP contribution in [0.15, 0.2) is 29.6 Å². The van der Waals surface area contributed by atoms with Crippen LogP contribution in [0, 0.1) is 6.92 Å². The number of hydrogen-bond donors (Lipinski definition) is 2. The molecule has 0 saturated carbocycles. The summed E-state index contributed by atoms with van der Waals surface area (Å²) in [5.41, 5.74) is 12.7. The first-order chi connectivity index (χ1) is 9.97. The van der Waals surface area contributed by atoms with Gasteiger partial charge in [-0.15, -0.1) is 11.3 Å². The third kappa shape index (κ3) is 3.79. The molecule has 0 fully saturated rings. The van der Waals surface area contributed by atoms with Gasteiger partial charge < -0.3 is 16.4 Å². The summed E-state index contributed by atoms with van der Waals surface area (Å²) in [5.74, 6) is -0.911. The Kier molecular flexibility index (Phi) is 4.54. The molecular weight excluding hydrogens is 288 g/mol. The van der Waals surface area contributed by atoms with Crippen LogP contribution < -0.4 is 11.5 Å². The van der Waals surface area contributed by atoms with E-state index in [1.165, 1.54) is 16.2 Å². The van der Waals surface area contributed by atoms with Crippen LogP contribution >= 0.6 is 11.3 Å². The number of carbonyl (C=O) groups excluding carboxylic acids is 2. The van der Waals surface area contributed by atoms with Crippen LogP contribution in [0.4, 0.5) is 5.69 Å². The number of carbonyl (C=O) groups is 2. The van der Waals surface area contributed by atoms with E-state index in [1.54, 1.807) is 11.4 Å². The number of aromatic nitrogens is 1. The third-order valence-electron chi connectivity index (χ3n) is 2.89. The summed E-state index contributed by atoms with van der Waals surface area (Å²) in [5, 5.41) is 2.46. The molecule has 0 unspecified atom stereocenters. The number of hydrogen-bond acceptors (Lipinski definition) is 5. The summed E-state index contributed by atoms with van der Waals surface area (Å²) in [4.78, 5) is 29.1. The summed E-state index contributed by atoms with van der Waals surface area (Å²) in [6.07, 6.45) is 0. The van der Waals surface area contributed by atoms with Gasteiger partial charge >= 0.3 is 0 Å². The number of amides is 2. The van der Waals surface area contributed by atoms with Crippen molar-refractivity contribution in [2.24, 2.45) is 5.73 Å². The number of aryl methyl sites for hydroxylation is 1. The molecule has 0 spiro atoms. The van der Waals surface area contributed by atoms with Gasteiger partial charge in [-0.1, -0.05) is 18.2 Å². The number of nitrogens with zero attached hydrogens (tertiary/aromatic N) is 2. The standard InChI is InChI=1S/C14H16N4O2S/c1-9-17-12(8-21-9)14(20)18(7-13(16)19)6-10-4-2-3-5-11(10)15/h2-5,8H,6-7,15H2,1H3,(H2,16,19). The predicted octanol–water partition coefficient (Wildman–Crippen LogP) is 1.16. The van der Waals surface area contributed by atoms with Gasteiger partial charge in [0.25, 0.3) is 5.91 Å². The highest BCUT2D eigenvalue weighted by Gasteiger charge is 2.20. The molecule has 0 aliphatic heterocycles. The molecule has 6 nitrogen and oxygen atoms in total. The third-order valence-corrected chi connectivity index (χ3v) is 3.66. The van der Waals surface area contributed by atoms with Gasteiger partial charge in [-0.25, -0.2) is 4.98 Å². The summed E-state index contributed by atoms with van der Waals surface area (Å²) in [6, 6.07) is 7.19. The molecule has 0 aliphatic rings. The second kappa shape index (κ2) is 6.36. The summed E-state index contributed by atoms with van der Waals surface area (Å²) in [6.45, 7) is 1.85. The van der Waals surface area contributed by atoms with Gasteiger partial charge in [0.1, 0.15) is 12.2 Å². The monoisotopic (exact) mass is 304 g/mol. The minimum absolute atomic E-state index is 0.177. The molecule has 1 aromatic carbocycles. The van der Waals surface area contributed by atoms with Crippen molar-refractivity contribution >= 4 is 28.8 Å². The normalized spacial score (nSPS) is 10.3. The Bertz CT molecular complexity index is 668. The van der Waals surface area contributed by atoms with E-state index >= 15 is 0 Å². The van der Waals surface area contributed by atoms with Crippen molar-refractivity contribution in [2.45, 2.75) is 13.5 Å². The second-order valence-electron chi connectivity index (χ2n) is 4.58. The van der Waals surface area contributed by atoms with Gasteiger partial charge in [0.15, 0.2) is 0 Å². The Labute approximate surface area is 126 Å². The predicted molar refractivity (Wildman–Crippen MR) is 81.6 cm³/mol. The first-order valence-corrected chi connectivity index (χ1v) is 7.18. The van der Waals surface area contributed by atoms with Crippen LogP contribution in [-0.4, -0.2) is 28.2 Å². The molecule has 2 amide bonds. The molecule has 0 saturated heterocycles. The Morgan fingerprint density at radius 1 is 1.33 bits per heavy atom. The minimum atomic E-state index is -0.579. The van der Waals surface area contributed by atoms with Gasteiger partial charge in [0, 0.05) is 17.6 Å². The van der Waals surface area contributed by atoms with Crippen molar-refractivity contribution in [2.75, 3.05) is 12.3 Å². The first-order valence-electron chi connectivity index (χ1n) is 6.30. The van der Waals surface area contributed by atoms with Gasteiger partial charge in [0.05, 0.1) is 5.01 Å². The van der Waals surface area contributed by atoms with E-state index in [2.05, 4.69) is 4.98 Å². The molecule has 0 atom stereocenters. The number of para-hydroxylation sites is 1. The van der Waals surface area contributed by atoms with Crippen molar-refractivity contribution in [1.29, 1.82) is 0 Å². The highest BCUT2D eigenvalue weighted by atomic mass is 32.1. The van der Waals surface area contributed by atoms with Crippen LogP contribution in [0.3, 0.4) is 0 Å². The number of thiazole rings is 1. The molecule has 21 heavy (non-hydrogen) atoms. The number of nitrogen functional groups attached to an aromatic ring is 1. The van der Waals surface area contributed by atoms with Crippen molar-refractivity contribution in [1.82, 2.24) is 9.88 Å². The highest BCUT2D eigenvalue weighted by molar-refractivity contribution is 7.09.